The van der Waals surface area contributed by atoms with Gasteiger partial charge in [-0.05, 0) is 42.0 Å². The van der Waals surface area contributed by atoms with Gasteiger partial charge in [-0.1, -0.05) is 0 Å². The number of benzene rings is 1. The van der Waals surface area contributed by atoms with Crippen LogP contribution in [0.15, 0.2) is 55.0 Å². The van der Waals surface area contributed by atoms with Crippen LogP contribution in [0.3, 0.4) is 0 Å². The smallest absolute Gasteiger partial charge is 0.415 e. The van der Waals surface area contributed by atoms with Crippen LogP contribution in [-0.4, -0.2) is 20.8 Å². The van der Waals surface area contributed by atoms with Gasteiger partial charge in [-0.25, -0.2) is 4.79 Å². The van der Waals surface area contributed by atoms with Gasteiger partial charge in [0.05, 0.1) is 5.52 Å². The standard InChI is InChI=1S/C15H12N2O3/c18-15(19)17-8-5-12-9-13(1-2-14(12)17)20-10-11-3-6-16-7-4-11/h1-9H,10H2,(H,18,19). The highest BCUT2D eigenvalue weighted by molar-refractivity contribution is 5.89. The van der Waals surface area contributed by atoms with E-state index in [1.807, 2.05) is 18.2 Å². The molecule has 0 amide bonds. The lowest BCUT2D eigenvalue weighted by Gasteiger charge is -2.06. The first-order valence-electron chi connectivity index (χ1n) is 6.10. The molecule has 2 heterocycles. The molecule has 20 heavy (non-hydrogen) atoms. The first-order chi connectivity index (χ1) is 9.74. The third kappa shape index (κ3) is 2.33. The van der Waals surface area contributed by atoms with Crippen molar-refractivity contribution in [3.8, 4) is 5.75 Å². The molecule has 0 unspecified atom stereocenters. The summed E-state index contributed by atoms with van der Waals surface area (Å²) in [6.45, 7) is 0.452. The van der Waals surface area contributed by atoms with Crippen molar-refractivity contribution in [1.82, 2.24) is 9.55 Å². The van der Waals surface area contributed by atoms with Crippen molar-refractivity contribution in [2.45, 2.75) is 6.61 Å². The quantitative estimate of drug-likeness (QED) is 0.792. The highest BCUT2D eigenvalue weighted by atomic mass is 16.5. The molecular weight excluding hydrogens is 256 g/mol. The fourth-order valence-electron chi connectivity index (χ4n) is 2.02. The zero-order valence-electron chi connectivity index (χ0n) is 10.6. The molecule has 1 N–H and O–H groups in total. The minimum atomic E-state index is -0.995. The van der Waals surface area contributed by atoms with E-state index in [1.165, 1.54) is 10.8 Å². The highest BCUT2D eigenvalue weighted by Crippen LogP contribution is 2.22. The van der Waals surface area contributed by atoms with E-state index < -0.39 is 6.09 Å². The number of hydrogen-bond donors (Lipinski definition) is 1. The van der Waals surface area contributed by atoms with E-state index in [4.69, 9.17) is 9.84 Å². The number of pyridine rings is 1. The third-order valence-corrected chi connectivity index (χ3v) is 3.02. The van der Waals surface area contributed by atoms with Gasteiger partial charge in [-0.15, -0.1) is 0 Å². The molecule has 5 nitrogen and oxygen atoms in total. The number of hydrogen-bond acceptors (Lipinski definition) is 3. The number of fused-ring (bicyclic) bond motifs is 1. The summed E-state index contributed by atoms with van der Waals surface area (Å²) in [6, 6.07) is 10.9. The van der Waals surface area contributed by atoms with E-state index in [9.17, 15) is 4.79 Å². The molecule has 0 spiro atoms. The lowest BCUT2D eigenvalue weighted by Crippen LogP contribution is -2.05. The zero-order chi connectivity index (χ0) is 13.9. The average molecular weight is 268 g/mol. The Hall–Kier alpha value is -2.82. The normalized spacial score (nSPS) is 10.6. The summed E-state index contributed by atoms with van der Waals surface area (Å²) in [5.74, 6) is 0.706. The predicted octanol–water partition coefficient (Wildman–Crippen LogP) is 3.14. The topological polar surface area (TPSA) is 64.3 Å². The molecule has 0 saturated carbocycles. The Kier molecular flexibility index (Phi) is 3.09. The highest BCUT2D eigenvalue weighted by Gasteiger charge is 2.07. The number of carbonyl (C=O) groups is 1. The first-order valence-corrected chi connectivity index (χ1v) is 6.10. The van der Waals surface area contributed by atoms with E-state index >= 15 is 0 Å². The van der Waals surface area contributed by atoms with Crippen molar-refractivity contribution in [1.29, 1.82) is 0 Å². The Morgan fingerprint density at radius 3 is 2.75 bits per heavy atom. The predicted molar refractivity (Wildman–Crippen MR) is 73.9 cm³/mol. The van der Waals surface area contributed by atoms with Gasteiger partial charge in [0.1, 0.15) is 12.4 Å². The number of carboxylic acid groups (broad SMARTS) is 1. The number of aromatic nitrogens is 2. The fourth-order valence-corrected chi connectivity index (χ4v) is 2.02. The van der Waals surface area contributed by atoms with Gasteiger partial charge in [0.25, 0.3) is 0 Å². The lowest BCUT2D eigenvalue weighted by molar-refractivity contribution is 0.197. The van der Waals surface area contributed by atoms with Gasteiger partial charge in [-0.3, -0.25) is 9.55 Å². The minimum Gasteiger partial charge on any atom is -0.489 e. The Morgan fingerprint density at radius 2 is 2.00 bits per heavy atom. The molecule has 0 radical (unpaired) electrons. The van der Waals surface area contributed by atoms with Crippen LogP contribution in [0, 0.1) is 0 Å². The summed E-state index contributed by atoms with van der Waals surface area (Å²) in [4.78, 5) is 14.9. The summed E-state index contributed by atoms with van der Waals surface area (Å²) in [5, 5.41) is 9.85. The van der Waals surface area contributed by atoms with Gasteiger partial charge in [0, 0.05) is 24.0 Å². The van der Waals surface area contributed by atoms with Crippen LogP contribution in [0.2, 0.25) is 0 Å². The van der Waals surface area contributed by atoms with Gasteiger partial charge < -0.3 is 9.84 Å². The number of rotatable bonds is 3. The molecule has 0 aliphatic rings. The second-order valence-electron chi connectivity index (χ2n) is 4.33. The SMILES string of the molecule is O=C(O)n1ccc2cc(OCc3ccncc3)ccc21. The van der Waals surface area contributed by atoms with Crippen LogP contribution >= 0.6 is 0 Å². The van der Waals surface area contributed by atoms with Crippen molar-refractivity contribution >= 4 is 17.0 Å². The van der Waals surface area contributed by atoms with E-state index in [2.05, 4.69) is 4.98 Å². The Labute approximate surface area is 115 Å². The third-order valence-electron chi connectivity index (χ3n) is 3.02. The summed E-state index contributed by atoms with van der Waals surface area (Å²) in [5.41, 5.74) is 1.68. The van der Waals surface area contributed by atoms with Gasteiger partial charge in [-0.2, -0.15) is 0 Å². The molecule has 0 bridgehead atoms. The van der Waals surface area contributed by atoms with E-state index in [-0.39, 0.29) is 0 Å². The molecule has 3 aromatic rings. The molecule has 0 aliphatic carbocycles. The Balaban J connectivity index is 1.81. The van der Waals surface area contributed by atoms with Crippen molar-refractivity contribution in [2.75, 3.05) is 0 Å². The first kappa shape index (κ1) is 12.2. The van der Waals surface area contributed by atoms with E-state index in [0.29, 0.717) is 17.9 Å². The van der Waals surface area contributed by atoms with Crippen molar-refractivity contribution in [3.05, 3.63) is 60.6 Å². The number of ether oxygens (including phenoxy) is 1. The lowest BCUT2D eigenvalue weighted by atomic mass is 10.2. The van der Waals surface area contributed by atoms with E-state index in [0.717, 1.165) is 10.9 Å². The summed E-state index contributed by atoms with van der Waals surface area (Å²) in [7, 11) is 0. The zero-order valence-corrected chi connectivity index (χ0v) is 10.6. The second kappa shape index (κ2) is 5.05. The van der Waals surface area contributed by atoms with Crippen LogP contribution in [0.5, 0.6) is 5.75 Å². The minimum absolute atomic E-state index is 0.452. The molecule has 0 aliphatic heterocycles. The van der Waals surface area contributed by atoms with Crippen molar-refractivity contribution < 1.29 is 14.6 Å². The fraction of sp³-hybridized carbons (Fsp3) is 0.0667. The maximum Gasteiger partial charge on any atom is 0.415 e. The summed E-state index contributed by atoms with van der Waals surface area (Å²) < 4.78 is 6.87. The van der Waals surface area contributed by atoms with Gasteiger partial charge in [0.15, 0.2) is 0 Å². The van der Waals surface area contributed by atoms with Crippen molar-refractivity contribution in [3.63, 3.8) is 0 Å². The maximum atomic E-state index is 11.0. The Bertz CT molecular complexity index is 750. The molecule has 3 rings (SSSR count). The molecule has 100 valence electrons. The van der Waals surface area contributed by atoms with Crippen molar-refractivity contribution in [2.24, 2.45) is 0 Å². The Morgan fingerprint density at radius 1 is 1.20 bits per heavy atom. The summed E-state index contributed by atoms with van der Waals surface area (Å²) in [6.07, 6.45) is 3.97. The van der Waals surface area contributed by atoms with Crippen LogP contribution in [-0.2, 0) is 6.61 Å². The summed E-state index contributed by atoms with van der Waals surface area (Å²) >= 11 is 0. The van der Waals surface area contributed by atoms with Crippen LogP contribution in [0.4, 0.5) is 4.79 Å². The average Bonchev–Trinajstić information content (AvgIpc) is 2.89. The van der Waals surface area contributed by atoms with Crippen LogP contribution < -0.4 is 4.74 Å². The molecule has 5 heteroatoms. The molecule has 0 fully saturated rings. The maximum absolute atomic E-state index is 11.0. The molecular formula is C15H12N2O3. The van der Waals surface area contributed by atoms with Crippen LogP contribution in [0.25, 0.3) is 10.9 Å². The largest absolute Gasteiger partial charge is 0.489 e. The monoisotopic (exact) mass is 268 g/mol. The molecule has 1 aromatic carbocycles. The molecule has 2 aromatic heterocycles. The molecule has 0 atom stereocenters. The number of nitrogens with zero attached hydrogens (tertiary/aromatic N) is 2. The second-order valence-corrected chi connectivity index (χ2v) is 4.33. The van der Waals surface area contributed by atoms with Gasteiger partial charge >= 0.3 is 6.09 Å². The van der Waals surface area contributed by atoms with E-state index in [1.54, 1.807) is 30.6 Å². The van der Waals surface area contributed by atoms with Crippen LogP contribution in [0.1, 0.15) is 5.56 Å². The van der Waals surface area contributed by atoms with Gasteiger partial charge in [0.2, 0.25) is 0 Å². The molecule has 0 saturated heterocycles.